The molecule has 1 aliphatic rings. The summed E-state index contributed by atoms with van der Waals surface area (Å²) in [6, 6.07) is 23.6. The molecule has 4 rings (SSSR count). The summed E-state index contributed by atoms with van der Waals surface area (Å²) in [4.78, 5) is 28.4. The van der Waals surface area contributed by atoms with Crippen LogP contribution in [0.25, 0.3) is 0 Å². The Morgan fingerprint density at radius 3 is 2.43 bits per heavy atom. The van der Waals surface area contributed by atoms with E-state index in [1.165, 1.54) is 11.3 Å². The maximum absolute atomic E-state index is 13.1. The Morgan fingerprint density at radius 2 is 1.73 bits per heavy atom. The molecule has 0 radical (unpaired) electrons. The van der Waals surface area contributed by atoms with Gasteiger partial charge in [-0.1, -0.05) is 54.6 Å². The normalized spacial score (nSPS) is 16.1. The molecule has 2 amide bonds. The van der Waals surface area contributed by atoms with Crippen LogP contribution in [-0.2, 0) is 11.3 Å². The Bertz CT molecular complexity index is 961. The van der Waals surface area contributed by atoms with Crippen LogP contribution in [-0.4, -0.2) is 29.8 Å². The van der Waals surface area contributed by atoms with Gasteiger partial charge < -0.3 is 4.90 Å². The first kappa shape index (κ1) is 20.2. The number of likely N-dealkylation sites (tertiary alicyclic amines) is 1. The molecule has 0 bridgehead atoms. The van der Waals surface area contributed by atoms with Gasteiger partial charge in [0.15, 0.2) is 0 Å². The van der Waals surface area contributed by atoms with Crippen molar-refractivity contribution in [3.63, 3.8) is 0 Å². The van der Waals surface area contributed by atoms with E-state index in [0.717, 1.165) is 29.0 Å². The van der Waals surface area contributed by atoms with Gasteiger partial charge >= 0.3 is 0 Å². The van der Waals surface area contributed by atoms with Crippen molar-refractivity contribution in [1.29, 1.82) is 0 Å². The lowest BCUT2D eigenvalue weighted by Crippen LogP contribution is -2.50. The third-order valence-electron chi connectivity index (χ3n) is 5.31. The quantitative estimate of drug-likeness (QED) is 0.605. The van der Waals surface area contributed by atoms with E-state index in [2.05, 4.69) is 5.43 Å². The van der Waals surface area contributed by atoms with Gasteiger partial charge in [-0.05, 0) is 42.0 Å². The van der Waals surface area contributed by atoms with Crippen LogP contribution in [0.4, 0.5) is 5.69 Å². The molecule has 1 saturated heterocycles. The zero-order valence-corrected chi connectivity index (χ0v) is 17.6. The van der Waals surface area contributed by atoms with Gasteiger partial charge in [0.25, 0.3) is 5.91 Å². The van der Waals surface area contributed by atoms with Crippen LogP contribution >= 0.6 is 11.3 Å². The first-order valence-corrected chi connectivity index (χ1v) is 11.1. The first-order chi connectivity index (χ1) is 14.7. The molecular formula is C24H25N3O2S. The van der Waals surface area contributed by atoms with Gasteiger partial charge in [0.2, 0.25) is 5.91 Å². The van der Waals surface area contributed by atoms with Crippen molar-refractivity contribution >= 4 is 28.8 Å². The van der Waals surface area contributed by atoms with Crippen LogP contribution in [0.5, 0.6) is 0 Å². The fourth-order valence-electron chi connectivity index (χ4n) is 3.73. The van der Waals surface area contributed by atoms with Crippen LogP contribution in [0, 0.1) is 5.92 Å². The predicted molar refractivity (Wildman–Crippen MR) is 120 cm³/mol. The van der Waals surface area contributed by atoms with Crippen molar-refractivity contribution in [2.24, 2.45) is 5.92 Å². The topological polar surface area (TPSA) is 52.7 Å². The van der Waals surface area contributed by atoms with Gasteiger partial charge in [-0.2, -0.15) is 0 Å². The van der Waals surface area contributed by atoms with Crippen LogP contribution < -0.4 is 10.4 Å². The number of anilines is 1. The third kappa shape index (κ3) is 4.89. The van der Waals surface area contributed by atoms with Gasteiger partial charge in [-0.3, -0.25) is 20.0 Å². The Labute approximate surface area is 180 Å². The Kier molecular flexibility index (Phi) is 6.44. The second-order valence-corrected chi connectivity index (χ2v) is 8.40. The van der Waals surface area contributed by atoms with Crippen molar-refractivity contribution in [3.8, 4) is 0 Å². The molecule has 5 nitrogen and oxygen atoms in total. The van der Waals surface area contributed by atoms with Crippen molar-refractivity contribution in [1.82, 2.24) is 10.3 Å². The summed E-state index contributed by atoms with van der Waals surface area (Å²) in [5.74, 6) is -0.241. The maximum atomic E-state index is 13.1. The molecule has 3 aromatic rings. The molecule has 0 aliphatic carbocycles. The van der Waals surface area contributed by atoms with E-state index in [-0.39, 0.29) is 17.7 Å². The predicted octanol–water partition coefficient (Wildman–Crippen LogP) is 4.34. The fraction of sp³-hybridized carbons (Fsp3) is 0.250. The van der Waals surface area contributed by atoms with E-state index in [9.17, 15) is 9.59 Å². The largest absolute Gasteiger partial charge is 0.337 e. The van der Waals surface area contributed by atoms with Crippen LogP contribution in [0.2, 0.25) is 0 Å². The van der Waals surface area contributed by atoms with E-state index in [4.69, 9.17) is 0 Å². The Morgan fingerprint density at radius 1 is 1.00 bits per heavy atom. The molecule has 6 heteroatoms. The van der Waals surface area contributed by atoms with Gasteiger partial charge in [0.05, 0.1) is 23.0 Å². The minimum Gasteiger partial charge on any atom is -0.337 e. The number of hydrazine groups is 1. The van der Waals surface area contributed by atoms with Crippen molar-refractivity contribution < 1.29 is 9.59 Å². The smallest absolute Gasteiger partial charge is 0.263 e. The fourth-order valence-corrected chi connectivity index (χ4v) is 4.42. The Hall–Kier alpha value is -3.12. The number of rotatable bonds is 6. The van der Waals surface area contributed by atoms with E-state index in [1.54, 1.807) is 0 Å². The summed E-state index contributed by atoms with van der Waals surface area (Å²) in [5.41, 5.74) is 5.14. The minimum atomic E-state index is -0.218. The zero-order chi connectivity index (χ0) is 20.8. The van der Waals surface area contributed by atoms with Gasteiger partial charge in [-0.25, -0.2) is 0 Å². The number of hydrogen-bond donors (Lipinski definition) is 1. The molecule has 1 unspecified atom stereocenters. The molecule has 1 fully saturated rings. The SMILES string of the molecule is O=C(NN(Cc1ccccc1)c1ccccc1)C1CCCN(C(=O)c2cccs2)C1. The molecule has 0 spiro atoms. The van der Waals surface area contributed by atoms with Gasteiger partial charge in [-0.15, -0.1) is 11.3 Å². The molecule has 30 heavy (non-hydrogen) atoms. The molecule has 0 saturated carbocycles. The summed E-state index contributed by atoms with van der Waals surface area (Å²) in [5, 5.41) is 3.79. The summed E-state index contributed by atoms with van der Waals surface area (Å²) in [6.07, 6.45) is 1.62. The van der Waals surface area contributed by atoms with Gasteiger partial charge in [0.1, 0.15) is 0 Å². The summed E-state index contributed by atoms with van der Waals surface area (Å²) >= 11 is 1.44. The van der Waals surface area contributed by atoms with Gasteiger partial charge in [0, 0.05) is 13.1 Å². The highest BCUT2D eigenvalue weighted by Gasteiger charge is 2.30. The molecule has 154 valence electrons. The van der Waals surface area contributed by atoms with Crippen molar-refractivity contribution in [3.05, 3.63) is 88.6 Å². The number of piperidine rings is 1. The summed E-state index contributed by atoms with van der Waals surface area (Å²) < 4.78 is 0. The number of hydrogen-bond acceptors (Lipinski definition) is 4. The zero-order valence-electron chi connectivity index (χ0n) is 16.7. The molecule has 1 aromatic heterocycles. The lowest BCUT2D eigenvalue weighted by Gasteiger charge is -2.34. The summed E-state index contributed by atoms with van der Waals surface area (Å²) in [7, 11) is 0. The number of para-hydroxylation sites is 1. The lowest BCUT2D eigenvalue weighted by atomic mass is 9.97. The average molecular weight is 420 g/mol. The number of amides is 2. The van der Waals surface area contributed by atoms with E-state index in [1.807, 2.05) is 88.1 Å². The van der Waals surface area contributed by atoms with Crippen LogP contribution in [0.3, 0.4) is 0 Å². The van der Waals surface area contributed by atoms with Crippen molar-refractivity contribution in [2.45, 2.75) is 19.4 Å². The highest BCUT2D eigenvalue weighted by Crippen LogP contribution is 2.22. The number of nitrogens with one attached hydrogen (secondary N) is 1. The van der Waals surface area contributed by atoms with Crippen LogP contribution in [0.15, 0.2) is 78.2 Å². The van der Waals surface area contributed by atoms with E-state index < -0.39 is 0 Å². The number of nitrogens with zero attached hydrogens (tertiary/aromatic N) is 2. The highest BCUT2D eigenvalue weighted by molar-refractivity contribution is 7.12. The minimum absolute atomic E-state index is 0.0201. The van der Waals surface area contributed by atoms with E-state index in [0.29, 0.717) is 19.6 Å². The Balaban J connectivity index is 1.45. The lowest BCUT2D eigenvalue weighted by molar-refractivity contribution is -0.126. The molecule has 2 heterocycles. The number of carbonyl (C=O) groups excluding carboxylic acids is 2. The second-order valence-electron chi connectivity index (χ2n) is 7.45. The first-order valence-electron chi connectivity index (χ1n) is 10.2. The summed E-state index contributed by atoms with van der Waals surface area (Å²) in [6.45, 7) is 1.73. The highest BCUT2D eigenvalue weighted by atomic mass is 32.1. The van der Waals surface area contributed by atoms with Crippen molar-refractivity contribution in [2.75, 3.05) is 18.1 Å². The second kappa shape index (κ2) is 9.59. The van der Waals surface area contributed by atoms with Crippen LogP contribution in [0.1, 0.15) is 28.1 Å². The standard InChI is InChI=1S/C24H25N3O2S/c28-23(20-11-7-15-26(18-20)24(29)22-14-8-16-30-22)25-27(21-12-5-2-6-13-21)17-19-9-3-1-4-10-19/h1-6,8-10,12-14,16,20H,7,11,15,17-18H2,(H,25,28). The number of benzene rings is 2. The number of thiophene rings is 1. The maximum Gasteiger partial charge on any atom is 0.263 e. The van der Waals surface area contributed by atoms with E-state index >= 15 is 0 Å². The third-order valence-corrected chi connectivity index (χ3v) is 6.17. The molecule has 2 aromatic carbocycles. The molecular weight excluding hydrogens is 394 g/mol. The average Bonchev–Trinajstić information content (AvgIpc) is 3.34. The number of carbonyl (C=O) groups is 2. The molecule has 1 atom stereocenters. The molecule has 1 aliphatic heterocycles. The molecule has 1 N–H and O–H groups in total. The monoisotopic (exact) mass is 419 g/mol.